The smallest absolute Gasteiger partial charge is 0.377 e. The summed E-state index contributed by atoms with van der Waals surface area (Å²) in [4.78, 5) is 0. The maximum absolute atomic E-state index is 13.4. The monoisotopic (exact) mass is 290 g/mol. The van der Waals surface area contributed by atoms with E-state index in [0.717, 1.165) is 6.42 Å². The maximum atomic E-state index is 13.4. The van der Waals surface area contributed by atoms with Crippen molar-refractivity contribution >= 4 is 0 Å². The van der Waals surface area contributed by atoms with Crippen LogP contribution in [0.5, 0.6) is 0 Å². The Kier molecular flexibility index (Phi) is 4.09. The van der Waals surface area contributed by atoms with Gasteiger partial charge in [-0.3, -0.25) is 0 Å². The van der Waals surface area contributed by atoms with Gasteiger partial charge in [-0.05, 0) is 42.9 Å². The Bertz CT molecular complexity index is 509. The first-order valence-electron chi connectivity index (χ1n) is 6.39. The maximum Gasteiger partial charge on any atom is 0.417 e. The van der Waals surface area contributed by atoms with Crippen molar-refractivity contribution < 1.29 is 28.1 Å². The van der Waals surface area contributed by atoms with E-state index in [2.05, 4.69) is 0 Å². The predicted molar refractivity (Wildman–Crippen MR) is 66.0 cm³/mol. The molecular formula is C14H17F3O3. The topological polar surface area (TPSA) is 49.7 Å². The lowest BCUT2D eigenvalue weighted by molar-refractivity contribution is -0.144. The lowest BCUT2D eigenvalue weighted by atomic mass is 9.81. The minimum Gasteiger partial charge on any atom is -0.377 e. The van der Waals surface area contributed by atoms with Crippen molar-refractivity contribution in [2.24, 2.45) is 0 Å². The Hall–Kier alpha value is -1.11. The van der Waals surface area contributed by atoms with Crippen molar-refractivity contribution in [3.05, 3.63) is 33.9 Å². The van der Waals surface area contributed by atoms with Gasteiger partial charge in [0, 0.05) is 12.7 Å². The molecule has 2 N–H and O–H groups in total. The number of hydrogen-bond donors (Lipinski definition) is 2. The zero-order chi connectivity index (χ0) is 15.1. The van der Waals surface area contributed by atoms with E-state index in [1.54, 1.807) is 6.92 Å². The van der Waals surface area contributed by atoms with E-state index in [4.69, 9.17) is 4.74 Å². The standard InChI is InChI=1S/C14H17F3O3/c1-7-6-9(13(18)19)12(14(15,16)17)11-8(7)4-3-5-10(11)20-2/h6,10,13,18-19H,3-5H2,1-2H3. The molecule has 20 heavy (non-hydrogen) atoms. The summed E-state index contributed by atoms with van der Waals surface area (Å²) in [7, 11) is 1.37. The van der Waals surface area contributed by atoms with E-state index >= 15 is 0 Å². The lowest BCUT2D eigenvalue weighted by Gasteiger charge is -2.31. The van der Waals surface area contributed by atoms with Gasteiger partial charge >= 0.3 is 6.18 Å². The molecule has 0 amide bonds. The van der Waals surface area contributed by atoms with Crippen LogP contribution in [0, 0.1) is 6.92 Å². The van der Waals surface area contributed by atoms with Crippen molar-refractivity contribution in [1.82, 2.24) is 0 Å². The van der Waals surface area contributed by atoms with E-state index < -0.39 is 29.7 Å². The summed E-state index contributed by atoms with van der Waals surface area (Å²) in [5.41, 5.74) is -0.149. The summed E-state index contributed by atoms with van der Waals surface area (Å²) in [6.45, 7) is 1.68. The van der Waals surface area contributed by atoms with Crippen LogP contribution in [0.4, 0.5) is 13.2 Å². The van der Waals surface area contributed by atoms with E-state index in [-0.39, 0.29) is 5.56 Å². The molecule has 0 heterocycles. The number of benzene rings is 1. The third-order valence-electron chi connectivity index (χ3n) is 3.79. The van der Waals surface area contributed by atoms with E-state index in [1.165, 1.54) is 13.2 Å². The van der Waals surface area contributed by atoms with Crippen LogP contribution < -0.4 is 0 Å². The second-order valence-electron chi connectivity index (χ2n) is 5.04. The van der Waals surface area contributed by atoms with E-state index in [0.29, 0.717) is 24.0 Å². The second-order valence-corrected chi connectivity index (χ2v) is 5.04. The van der Waals surface area contributed by atoms with E-state index in [1.807, 2.05) is 0 Å². The fourth-order valence-corrected chi connectivity index (χ4v) is 2.96. The molecule has 0 fully saturated rings. The van der Waals surface area contributed by atoms with Crippen LogP contribution in [0.2, 0.25) is 0 Å². The van der Waals surface area contributed by atoms with Crippen molar-refractivity contribution in [3.63, 3.8) is 0 Å². The number of alkyl halides is 3. The number of aryl methyl sites for hydroxylation is 1. The molecule has 6 heteroatoms. The molecular weight excluding hydrogens is 273 g/mol. The first-order chi connectivity index (χ1) is 9.27. The molecule has 1 aromatic carbocycles. The van der Waals surface area contributed by atoms with Crippen LogP contribution in [-0.2, 0) is 17.3 Å². The Morgan fingerprint density at radius 2 is 2.00 bits per heavy atom. The Labute approximate surface area is 115 Å². The van der Waals surface area contributed by atoms with Gasteiger partial charge in [0.1, 0.15) is 0 Å². The van der Waals surface area contributed by atoms with Gasteiger partial charge in [0.25, 0.3) is 0 Å². The molecule has 1 aromatic rings. The Morgan fingerprint density at radius 3 is 2.50 bits per heavy atom. The van der Waals surface area contributed by atoms with Gasteiger partial charge in [-0.2, -0.15) is 13.2 Å². The number of ether oxygens (including phenoxy) is 1. The second kappa shape index (κ2) is 5.35. The highest BCUT2D eigenvalue weighted by Gasteiger charge is 2.41. The van der Waals surface area contributed by atoms with Crippen LogP contribution in [0.25, 0.3) is 0 Å². The van der Waals surface area contributed by atoms with Gasteiger partial charge in [0.15, 0.2) is 6.29 Å². The highest BCUT2D eigenvalue weighted by molar-refractivity contribution is 5.50. The molecule has 1 aliphatic rings. The van der Waals surface area contributed by atoms with Crippen molar-refractivity contribution in [3.8, 4) is 0 Å². The minimum absolute atomic E-state index is 0.0642. The largest absolute Gasteiger partial charge is 0.417 e. The summed E-state index contributed by atoms with van der Waals surface area (Å²) in [5, 5.41) is 18.5. The molecule has 1 atom stereocenters. The summed E-state index contributed by atoms with van der Waals surface area (Å²) in [6, 6.07) is 1.21. The molecule has 3 nitrogen and oxygen atoms in total. The molecule has 1 aliphatic carbocycles. The van der Waals surface area contributed by atoms with Gasteiger partial charge in [-0.15, -0.1) is 0 Å². The van der Waals surface area contributed by atoms with E-state index in [9.17, 15) is 23.4 Å². The predicted octanol–water partition coefficient (Wildman–Crippen LogP) is 3.02. The first kappa shape index (κ1) is 15.3. The Morgan fingerprint density at radius 1 is 1.35 bits per heavy atom. The van der Waals surface area contributed by atoms with Gasteiger partial charge in [-0.25, -0.2) is 0 Å². The minimum atomic E-state index is -4.65. The normalized spacial score (nSPS) is 19.3. The molecule has 0 aromatic heterocycles. The van der Waals surface area contributed by atoms with Crippen LogP contribution >= 0.6 is 0 Å². The fourth-order valence-electron chi connectivity index (χ4n) is 2.96. The van der Waals surface area contributed by atoms with Gasteiger partial charge in [-0.1, -0.05) is 6.07 Å². The summed E-state index contributed by atoms with van der Waals surface area (Å²) >= 11 is 0. The SMILES string of the molecule is COC1CCCc2c(C)cc(C(O)O)c(C(F)(F)F)c21. The number of aliphatic hydroxyl groups excluding tert-OH is 1. The van der Waals surface area contributed by atoms with Crippen LogP contribution in [0.15, 0.2) is 6.07 Å². The van der Waals surface area contributed by atoms with Crippen LogP contribution in [-0.4, -0.2) is 17.3 Å². The molecule has 0 bridgehead atoms. The molecule has 0 aliphatic heterocycles. The van der Waals surface area contributed by atoms with Crippen molar-refractivity contribution in [2.75, 3.05) is 7.11 Å². The van der Waals surface area contributed by atoms with Crippen molar-refractivity contribution in [2.45, 2.75) is 44.8 Å². The molecule has 0 spiro atoms. The highest BCUT2D eigenvalue weighted by atomic mass is 19.4. The summed E-state index contributed by atoms with van der Waals surface area (Å²) in [5.74, 6) is 0. The average molecular weight is 290 g/mol. The molecule has 0 saturated heterocycles. The Balaban J connectivity index is 2.79. The number of rotatable bonds is 2. The average Bonchev–Trinajstić information content (AvgIpc) is 2.36. The fraction of sp³-hybridized carbons (Fsp3) is 0.571. The molecule has 2 rings (SSSR count). The zero-order valence-corrected chi connectivity index (χ0v) is 11.3. The van der Waals surface area contributed by atoms with Crippen LogP contribution in [0.3, 0.4) is 0 Å². The quantitative estimate of drug-likeness (QED) is 0.823. The number of fused-ring (bicyclic) bond motifs is 1. The van der Waals surface area contributed by atoms with Gasteiger partial charge < -0.3 is 14.9 Å². The third-order valence-corrected chi connectivity index (χ3v) is 3.79. The zero-order valence-electron chi connectivity index (χ0n) is 11.3. The third kappa shape index (κ3) is 2.55. The van der Waals surface area contributed by atoms with Gasteiger partial charge in [0.05, 0.1) is 11.7 Å². The first-order valence-corrected chi connectivity index (χ1v) is 6.39. The summed E-state index contributed by atoms with van der Waals surface area (Å²) in [6.07, 6.45) is -5.67. The molecule has 0 saturated carbocycles. The lowest BCUT2D eigenvalue weighted by Crippen LogP contribution is -2.23. The number of methoxy groups -OCH3 is 1. The number of aliphatic hydroxyl groups is 2. The van der Waals surface area contributed by atoms with Gasteiger partial charge in [0.2, 0.25) is 0 Å². The molecule has 1 unspecified atom stereocenters. The molecule has 112 valence electrons. The molecule has 0 radical (unpaired) electrons. The number of hydrogen-bond acceptors (Lipinski definition) is 3. The van der Waals surface area contributed by atoms with Crippen molar-refractivity contribution in [1.29, 1.82) is 0 Å². The van der Waals surface area contributed by atoms with Crippen LogP contribution in [0.1, 0.15) is 53.1 Å². The highest BCUT2D eigenvalue weighted by Crippen LogP contribution is 2.45. The number of halogens is 3. The summed E-state index contributed by atoms with van der Waals surface area (Å²) < 4.78 is 45.3.